The summed E-state index contributed by atoms with van der Waals surface area (Å²) in [7, 11) is 0. The largest absolute Gasteiger partial charge is 0.386 e. The van der Waals surface area contributed by atoms with Gasteiger partial charge in [0.2, 0.25) is 17.4 Å². The van der Waals surface area contributed by atoms with Gasteiger partial charge in [-0.25, -0.2) is 4.79 Å². The molecule has 0 aliphatic heterocycles. The number of nitrogens with one attached hydrogen (secondary N) is 2. The summed E-state index contributed by atoms with van der Waals surface area (Å²) in [6.45, 7) is 6.00. The molecule has 0 aromatic carbocycles. The predicted octanol–water partition coefficient (Wildman–Crippen LogP) is 0.548. The van der Waals surface area contributed by atoms with Crippen molar-refractivity contribution in [1.82, 2.24) is 4.37 Å². The topological polar surface area (TPSA) is 47.0 Å². The van der Waals surface area contributed by atoms with Crippen molar-refractivity contribution >= 4 is 11.7 Å². The molecule has 3 nitrogen and oxygen atoms in total. The molecule has 0 saturated carbocycles. The number of H-pyrrole nitrogens is 2. The molecule has 4 heteroatoms. The van der Waals surface area contributed by atoms with Crippen molar-refractivity contribution in [1.29, 1.82) is 0 Å². The van der Waals surface area contributed by atoms with Crippen LogP contribution < -0.4 is 9.93 Å². The fourth-order valence-corrected chi connectivity index (χ4v) is 1.46. The van der Waals surface area contributed by atoms with Crippen molar-refractivity contribution in [2.24, 2.45) is 0 Å². The van der Waals surface area contributed by atoms with Crippen molar-refractivity contribution in [3.05, 3.63) is 16.0 Å². The Hall–Kier alpha value is -0.640. The molecule has 0 atom stereocenters. The summed E-state index contributed by atoms with van der Waals surface area (Å²) >= 11 is 1.23. The first kappa shape index (κ1) is 7.47. The fourth-order valence-electron chi connectivity index (χ4n) is 0.714. The Morgan fingerprint density at radius 2 is 2.10 bits per heavy atom. The van der Waals surface area contributed by atoms with E-state index in [-0.39, 0.29) is 11.0 Å². The van der Waals surface area contributed by atoms with Gasteiger partial charge in [-0.2, -0.15) is 8.75 Å². The fraction of sp³-hybridized carbons (Fsp3) is 0.667. The van der Waals surface area contributed by atoms with E-state index in [9.17, 15) is 4.79 Å². The van der Waals surface area contributed by atoms with Crippen molar-refractivity contribution in [3.63, 3.8) is 0 Å². The van der Waals surface area contributed by atoms with Crippen LogP contribution in [0.1, 0.15) is 26.5 Å². The van der Waals surface area contributed by atoms with Gasteiger partial charge in [0.25, 0.3) is 0 Å². The van der Waals surface area contributed by atoms with Gasteiger partial charge in [-0.3, -0.25) is 0 Å². The minimum atomic E-state index is -0.0758. The van der Waals surface area contributed by atoms with Crippen molar-refractivity contribution in [2.45, 2.75) is 26.2 Å². The van der Waals surface area contributed by atoms with E-state index in [1.807, 2.05) is 20.8 Å². The zero-order valence-corrected chi connectivity index (χ0v) is 7.13. The van der Waals surface area contributed by atoms with Crippen LogP contribution in [0, 0.1) is 0 Å². The van der Waals surface area contributed by atoms with Gasteiger partial charge in [0, 0.05) is 5.41 Å². The van der Waals surface area contributed by atoms with Gasteiger partial charge >= 0.3 is 5.56 Å². The van der Waals surface area contributed by atoms with Gasteiger partial charge in [-0.15, -0.1) is 0 Å². The second-order valence-electron chi connectivity index (χ2n) is 3.26. The van der Waals surface area contributed by atoms with E-state index in [0.29, 0.717) is 0 Å². The summed E-state index contributed by atoms with van der Waals surface area (Å²) in [6, 6.07) is 0. The van der Waals surface area contributed by atoms with Crippen LogP contribution in [0.15, 0.2) is 4.79 Å². The maximum absolute atomic E-state index is 11.0. The lowest BCUT2D eigenvalue weighted by molar-refractivity contribution is -0.313. The molecule has 0 bridgehead atoms. The maximum atomic E-state index is 11.0. The highest BCUT2D eigenvalue weighted by Crippen LogP contribution is 2.13. The van der Waals surface area contributed by atoms with Gasteiger partial charge in [0.1, 0.15) is 0 Å². The lowest BCUT2D eigenvalue weighted by Crippen LogP contribution is -2.27. The first-order valence-electron chi connectivity index (χ1n) is 3.11. The van der Waals surface area contributed by atoms with E-state index < -0.39 is 0 Å². The Kier molecular flexibility index (Phi) is 1.64. The normalized spacial score (nSPS) is 11.9. The standard InChI is InChI=1S/C6H10N2OS/c1-6(2,3)4-5(9)8-10-7-4/h1-3H3,(H,8,9)/p+1. The van der Waals surface area contributed by atoms with E-state index in [1.165, 1.54) is 11.7 Å². The van der Waals surface area contributed by atoms with E-state index in [4.69, 9.17) is 0 Å². The van der Waals surface area contributed by atoms with Crippen LogP contribution in [0.2, 0.25) is 0 Å². The Labute approximate surface area is 63.4 Å². The Morgan fingerprint density at radius 3 is 2.30 bits per heavy atom. The third-order valence-corrected chi connectivity index (χ3v) is 1.87. The first-order chi connectivity index (χ1) is 4.52. The molecule has 0 amide bonds. The maximum Gasteiger partial charge on any atom is 0.386 e. The SMILES string of the molecule is CC(C)(C)c1[nH+]s[nH]c1=O. The van der Waals surface area contributed by atoms with E-state index in [0.717, 1.165) is 5.69 Å². The third kappa shape index (κ3) is 1.26. The van der Waals surface area contributed by atoms with Crippen LogP contribution in [0.3, 0.4) is 0 Å². The number of aromatic nitrogens is 2. The molecule has 1 heterocycles. The molecule has 0 saturated heterocycles. The summed E-state index contributed by atoms with van der Waals surface area (Å²) < 4.78 is 5.52. The quantitative estimate of drug-likeness (QED) is 0.590. The average Bonchev–Trinajstić information content (AvgIpc) is 2.11. The second kappa shape index (κ2) is 2.20. The van der Waals surface area contributed by atoms with Crippen LogP contribution in [-0.4, -0.2) is 4.37 Å². The van der Waals surface area contributed by atoms with Gasteiger partial charge < -0.3 is 0 Å². The summed E-state index contributed by atoms with van der Waals surface area (Å²) in [5, 5.41) is 0. The number of aromatic amines is 2. The van der Waals surface area contributed by atoms with Gasteiger partial charge in [0.15, 0.2) is 0 Å². The lowest BCUT2D eigenvalue weighted by atomic mass is 9.93. The summed E-state index contributed by atoms with van der Waals surface area (Å²) in [4.78, 5) is 11.0. The number of hydrogen-bond donors (Lipinski definition) is 1. The van der Waals surface area contributed by atoms with Crippen LogP contribution in [0.4, 0.5) is 0 Å². The van der Waals surface area contributed by atoms with E-state index in [2.05, 4.69) is 8.75 Å². The van der Waals surface area contributed by atoms with Gasteiger partial charge in [-0.05, 0) is 0 Å². The number of hydrogen-bond acceptors (Lipinski definition) is 2. The minimum absolute atomic E-state index is 0.00231. The molecule has 2 N–H and O–H groups in total. The Balaban J connectivity index is 3.18. The molecule has 0 unspecified atom stereocenters. The zero-order chi connectivity index (χ0) is 7.78. The molecule has 56 valence electrons. The third-order valence-electron chi connectivity index (χ3n) is 1.27. The predicted molar refractivity (Wildman–Crippen MR) is 40.2 cm³/mol. The molecule has 1 aromatic heterocycles. The average molecular weight is 159 g/mol. The molecule has 1 rings (SSSR count). The Morgan fingerprint density at radius 1 is 1.50 bits per heavy atom. The highest BCUT2D eigenvalue weighted by atomic mass is 32.1. The number of rotatable bonds is 0. The van der Waals surface area contributed by atoms with Crippen LogP contribution in [0.25, 0.3) is 0 Å². The van der Waals surface area contributed by atoms with Gasteiger partial charge in [-0.1, -0.05) is 20.8 Å². The second-order valence-corrected chi connectivity index (χ2v) is 3.87. The highest BCUT2D eigenvalue weighted by Gasteiger charge is 2.24. The summed E-state index contributed by atoms with van der Waals surface area (Å²) in [6.07, 6.45) is 0. The smallest absolute Gasteiger partial charge is 0.236 e. The minimum Gasteiger partial charge on any atom is -0.236 e. The van der Waals surface area contributed by atoms with Crippen LogP contribution >= 0.6 is 11.7 Å². The van der Waals surface area contributed by atoms with Crippen molar-refractivity contribution < 1.29 is 4.37 Å². The molecule has 0 fully saturated rings. The van der Waals surface area contributed by atoms with Crippen LogP contribution in [-0.2, 0) is 5.41 Å². The molecule has 1 aromatic rings. The molecule has 10 heavy (non-hydrogen) atoms. The molecule has 0 aliphatic rings. The summed E-state index contributed by atoms with van der Waals surface area (Å²) in [5.41, 5.74) is 0.670. The van der Waals surface area contributed by atoms with Crippen molar-refractivity contribution in [2.75, 3.05) is 0 Å². The summed E-state index contributed by atoms with van der Waals surface area (Å²) in [5.74, 6) is 0. The molecular weight excluding hydrogens is 148 g/mol. The molecule has 0 radical (unpaired) electrons. The molecule has 0 aliphatic carbocycles. The Bertz CT molecular complexity index is 268. The lowest BCUT2D eigenvalue weighted by Gasteiger charge is -2.08. The van der Waals surface area contributed by atoms with E-state index >= 15 is 0 Å². The molecular formula is C6H11N2OS+. The molecule has 0 spiro atoms. The zero-order valence-electron chi connectivity index (χ0n) is 6.32. The first-order valence-corrected chi connectivity index (χ1v) is 3.93. The van der Waals surface area contributed by atoms with Crippen molar-refractivity contribution in [3.8, 4) is 0 Å². The monoisotopic (exact) mass is 159 g/mol. The van der Waals surface area contributed by atoms with Gasteiger partial charge in [0.05, 0.1) is 0 Å². The highest BCUT2D eigenvalue weighted by molar-refractivity contribution is 6.94. The van der Waals surface area contributed by atoms with Crippen LogP contribution in [0.5, 0.6) is 0 Å². The van der Waals surface area contributed by atoms with E-state index in [1.54, 1.807) is 0 Å².